The van der Waals surface area contributed by atoms with Gasteiger partial charge in [-0.25, -0.2) is 0 Å². The van der Waals surface area contributed by atoms with Gasteiger partial charge in [-0.2, -0.15) is 5.26 Å². The fourth-order valence-electron chi connectivity index (χ4n) is 7.60. The van der Waals surface area contributed by atoms with Crippen LogP contribution in [0.1, 0.15) is 52.4 Å². The number of nitriles is 1. The molecule has 5 atom stereocenters. The molecule has 3 heterocycles. The van der Waals surface area contributed by atoms with Gasteiger partial charge in [-0.3, -0.25) is 9.69 Å². The number of hydrogen-bond acceptors (Lipinski definition) is 10. The van der Waals surface area contributed by atoms with Crippen LogP contribution in [0.2, 0.25) is 0 Å². The average Bonchev–Trinajstić information content (AvgIpc) is 3.07. The van der Waals surface area contributed by atoms with Gasteiger partial charge in [0.1, 0.15) is 17.8 Å². The number of amides is 1. The van der Waals surface area contributed by atoms with E-state index in [4.69, 9.17) is 21.7 Å². The molecule has 256 valence electrons. The fourth-order valence-corrected chi connectivity index (χ4v) is 7.90. The minimum atomic E-state index is -0.805. The zero-order valence-corrected chi connectivity index (χ0v) is 29.0. The van der Waals surface area contributed by atoms with E-state index in [0.29, 0.717) is 40.1 Å². The number of carbonyl (C=O) groups excluding carboxylic acids is 1. The van der Waals surface area contributed by atoms with Crippen molar-refractivity contribution >= 4 is 35.0 Å². The van der Waals surface area contributed by atoms with Crippen molar-refractivity contribution in [1.29, 1.82) is 5.26 Å². The van der Waals surface area contributed by atoms with Crippen molar-refractivity contribution in [1.82, 2.24) is 20.4 Å². The zero-order valence-electron chi connectivity index (χ0n) is 28.2. The normalized spacial score (nSPS) is 21.2. The quantitative estimate of drug-likeness (QED) is 0.156. The number of thiocarbonyl (C=S) groups is 1. The molecule has 1 fully saturated rings. The van der Waals surface area contributed by atoms with E-state index in [1.54, 1.807) is 19.9 Å². The number of fused-ring (bicyclic) bond motifs is 7. The summed E-state index contributed by atoms with van der Waals surface area (Å²) in [6, 6.07) is 10.7. The fraction of sp³-hybridized carbons (Fsp3) is 0.361. The molecule has 6 rings (SSSR count). The Labute approximate surface area is 290 Å². The van der Waals surface area contributed by atoms with E-state index in [1.807, 2.05) is 55.3 Å². The lowest BCUT2D eigenvalue weighted by Gasteiger charge is -2.57. The number of anilines is 1. The first kappa shape index (κ1) is 33.7. The highest BCUT2D eigenvalue weighted by Crippen LogP contribution is 2.58. The minimum absolute atomic E-state index is 0.0117. The Hall–Kier alpha value is -5.19. The Morgan fingerprint density at radius 3 is 2.41 bits per heavy atom. The highest BCUT2D eigenvalue weighted by molar-refractivity contribution is 7.80. The number of carbonyl (C=O) groups is 1. The molecule has 3 aliphatic heterocycles. The number of likely N-dealkylation sites (N-methyl/N-ethyl adjacent to an activating group) is 1. The number of aryl methyl sites for hydroxylation is 1. The average molecular weight is 685 g/mol. The van der Waals surface area contributed by atoms with Gasteiger partial charge in [-0.15, -0.1) is 0 Å². The van der Waals surface area contributed by atoms with Crippen LogP contribution in [0.4, 0.5) is 5.69 Å². The largest absolute Gasteiger partial charge is 0.507 e. The van der Waals surface area contributed by atoms with Gasteiger partial charge in [-0.05, 0) is 75.8 Å². The summed E-state index contributed by atoms with van der Waals surface area (Å²) in [6.45, 7) is 5.15. The summed E-state index contributed by atoms with van der Waals surface area (Å²) in [5.41, 5.74) is 4.72. The third-order valence-corrected chi connectivity index (χ3v) is 10.1. The summed E-state index contributed by atoms with van der Waals surface area (Å²) < 4.78 is 11.1. The standard InChI is InChI=1S/C36H40N6O6S/c1-17-12-20-13-23-25(15-37)42-24(29(41(23)4)27(20)31(44)33(17)47-5)14-22-28(32(45)34(48-6)18(2)30(22)43)26(42)16-38-35(46)19(3)39-36(49)40-21-10-8-7-9-11-21/h7-12,14,19,23,25-26,29,43-45H,13,16H2,1-6H3,(H,38,46)(H2,39,40,49)/t19-,23+,25-,26-,29+/m0/s1. The molecule has 3 aromatic carbocycles. The number of benzene rings is 3. The SMILES string of the molecule is COc1c(C)cc2c(c1O)[C@H]1C3=Cc4c(O)c(C)c(OC)c(O)c4[C@H](CNC(=O)[C@H](C)NC(=S)Nc4ccccc4)N3[C@@H](C#N)[C@@H](C2)N1C. The molecular formula is C36H40N6O6S. The second-order valence-corrected chi connectivity index (χ2v) is 13.1. The van der Waals surface area contributed by atoms with Crippen LogP contribution in [0, 0.1) is 25.2 Å². The van der Waals surface area contributed by atoms with Gasteiger partial charge in [0, 0.05) is 46.2 Å². The number of hydrogen-bond donors (Lipinski definition) is 6. The lowest BCUT2D eigenvalue weighted by atomic mass is 9.75. The van der Waals surface area contributed by atoms with Crippen LogP contribution in [0.5, 0.6) is 28.7 Å². The first-order valence-electron chi connectivity index (χ1n) is 16.0. The van der Waals surface area contributed by atoms with E-state index in [9.17, 15) is 25.4 Å². The van der Waals surface area contributed by atoms with Crippen LogP contribution in [0.15, 0.2) is 42.1 Å². The molecule has 0 unspecified atom stereocenters. The molecule has 0 spiro atoms. The molecule has 13 heteroatoms. The van der Waals surface area contributed by atoms with E-state index < -0.39 is 24.2 Å². The number of nitrogens with one attached hydrogen (secondary N) is 3. The first-order valence-corrected chi connectivity index (χ1v) is 16.4. The summed E-state index contributed by atoms with van der Waals surface area (Å²) in [4.78, 5) is 17.5. The maximum absolute atomic E-state index is 13.5. The molecule has 1 saturated heterocycles. The van der Waals surface area contributed by atoms with Crippen molar-refractivity contribution in [3.63, 3.8) is 0 Å². The molecule has 0 aliphatic carbocycles. The number of phenols is 3. The van der Waals surface area contributed by atoms with E-state index in [0.717, 1.165) is 16.8 Å². The predicted molar refractivity (Wildman–Crippen MR) is 189 cm³/mol. The molecule has 12 nitrogen and oxygen atoms in total. The van der Waals surface area contributed by atoms with E-state index in [2.05, 4.69) is 26.9 Å². The monoisotopic (exact) mass is 684 g/mol. The Morgan fingerprint density at radius 2 is 1.76 bits per heavy atom. The summed E-state index contributed by atoms with van der Waals surface area (Å²) in [6.07, 6.45) is 2.23. The summed E-state index contributed by atoms with van der Waals surface area (Å²) in [5.74, 6) is -0.185. The Kier molecular flexibility index (Phi) is 8.96. The van der Waals surface area contributed by atoms with Crippen LogP contribution in [-0.2, 0) is 11.2 Å². The predicted octanol–water partition coefficient (Wildman–Crippen LogP) is 4.13. The molecule has 2 bridgehead atoms. The molecule has 3 aromatic rings. The van der Waals surface area contributed by atoms with Crippen LogP contribution in [0.3, 0.4) is 0 Å². The van der Waals surface area contributed by atoms with Crippen LogP contribution < -0.4 is 25.4 Å². The number of nitrogens with zero attached hydrogens (tertiary/aromatic N) is 3. The summed E-state index contributed by atoms with van der Waals surface area (Å²) >= 11 is 5.43. The lowest BCUT2D eigenvalue weighted by Crippen LogP contribution is -2.62. The molecule has 0 aromatic heterocycles. The molecule has 0 saturated carbocycles. The summed E-state index contributed by atoms with van der Waals surface area (Å²) in [7, 11) is 4.83. The lowest BCUT2D eigenvalue weighted by molar-refractivity contribution is -0.122. The van der Waals surface area contributed by atoms with Crippen LogP contribution >= 0.6 is 12.2 Å². The Bertz CT molecular complexity index is 1910. The third-order valence-electron chi connectivity index (χ3n) is 9.90. The molecule has 3 aliphatic rings. The second kappa shape index (κ2) is 13.0. The van der Waals surface area contributed by atoms with E-state index in [-0.39, 0.29) is 46.6 Å². The smallest absolute Gasteiger partial charge is 0.242 e. The number of piperazine rings is 1. The van der Waals surface area contributed by atoms with Crippen molar-refractivity contribution in [2.75, 3.05) is 33.1 Å². The highest BCUT2D eigenvalue weighted by Gasteiger charge is 2.53. The van der Waals surface area contributed by atoms with Gasteiger partial charge in [0.15, 0.2) is 28.1 Å². The van der Waals surface area contributed by atoms with Crippen LogP contribution in [-0.4, -0.2) is 82.1 Å². The molecule has 0 radical (unpaired) electrons. The highest BCUT2D eigenvalue weighted by atomic mass is 32.1. The summed E-state index contributed by atoms with van der Waals surface area (Å²) in [5, 5.41) is 54.8. The van der Waals surface area contributed by atoms with Gasteiger partial charge in [0.2, 0.25) is 5.91 Å². The number of aromatic hydroxyl groups is 3. The number of phenolic OH excluding ortho intramolecular Hbond substituents is 3. The van der Waals surface area contributed by atoms with Crippen molar-refractivity contribution in [3.05, 3.63) is 75.5 Å². The van der Waals surface area contributed by atoms with Gasteiger partial charge in [0.25, 0.3) is 0 Å². The Morgan fingerprint density at radius 1 is 1.08 bits per heavy atom. The third kappa shape index (κ3) is 5.50. The van der Waals surface area contributed by atoms with Crippen molar-refractivity contribution in [3.8, 4) is 34.8 Å². The zero-order chi connectivity index (χ0) is 35.3. The second-order valence-electron chi connectivity index (χ2n) is 12.7. The minimum Gasteiger partial charge on any atom is -0.507 e. The molecule has 1 amide bonds. The molecule has 49 heavy (non-hydrogen) atoms. The number of rotatable bonds is 7. The van der Waals surface area contributed by atoms with Gasteiger partial charge in [-0.1, -0.05) is 24.3 Å². The van der Waals surface area contributed by atoms with E-state index in [1.165, 1.54) is 14.2 Å². The number of methoxy groups -OCH3 is 2. The van der Waals surface area contributed by atoms with Crippen molar-refractivity contribution in [2.24, 2.45) is 0 Å². The number of para-hydroxylation sites is 1. The van der Waals surface area contributed by atoms with E-state index >= 15 is 0 Å². The van der Waals surface area contributed by atoms with Crippen molar-refractivity contribution < 1.29 is 29.6 Å². The molecule has 6 N–H and O–H groups in total. The van der Waals surface area contributed by atoms with Gasteiger partial charge >= 0.3 is 0 Å². The van der Waals surface area contributed by atoms with Gasteiger partial charge < -0.3 is 45.6 Å². The molecular weight excluding hydrogens is 644 g/mol. The Balaban J connectivity index is 1.42. The number of ether oxygens (including phenoxy) is 2. The van der Waals surface area contributed by atoms with Gasteiger partial charge in [0.05, 0.1) is 32.4 Å². The maximum atomic E-state index is 13.5. The topological polar surface area (TPSA) is 163 Å². The maximum Gasteiger partial charge on any atom is 0.242 e. The van der Waals surface area contributed by atoms with Crippen LogP contribution in [0.25, 0.3) is 6.08 Å². The van der Waals surface area contributed by atoms with Crippen molar-refractivity contribution in [2.45, 2.75) is 57.4 Å². The first-order chi connectivity index (χ1) is 23.4.